The van der Waals surface area contributed by atoms with Crippen LogP contribution in [0.1, 0.15) is 93.4 Å². The first kappa shape index (κ1) is 19.7. The van der Waals surface area contributed by atoms with E-state index in [-0.39, 0.29) is 0 Å². The van der Waals surface area contributed by atoms with Crippen LogP contribution in [0.15, 0.2) is 11.6 Å². The summed E-state index contributed by atoms with van der Waals surface area (Å²) in [5, 5.41) is 0. The Balaban J connectivity index is 4.77. The molecule has 20 heavy (non-hydrogen) atoms. The van der Waals surface area contributed by atoms with Crippen LogP contribution < -0.4 is 0 Å². The zero-order chi connectivity index (χ0) is 15.5. The Morgan fingerprint density at radius 2 is 1.55 bits per heavy atom. The summed E-state index contributed by atoms with van der Waals surface area (Å²) >= 11 is 0. The standard InChI is InChI=1S/C20H40/c1-8-11-12-14-20(18(6)15-16(4)10-3)19(7)17(5)13-9-2/h15,17-20H,8-14H2,1-7H3. The normalized spacial score (nSPS) is 18.6. The number of allylic oxidation sites excluding steroid dienone is 2. The molecule has 120 valence electrons. The van der Waals surface area contributed by atoms with Crippen molar-refractivity contribution < 1.29 is 0 Å². The lowest BCUT2D eigenvalue weighted by Crippen LogP contribution is -2.24. The van der Waals surface area contributed by atoms with Crippen molar-refractivity contribution in [2.24, 2.45) is 23.7 Å². The van der Waals surface area contributed by atoms with E-state index in [1.54, 1.807) is 5.57 Å². The van der Waals surface area contributed by atoms with Gasteiger partial charge < -0.3 is 0 Å². The van der Waals surface area contributed by atoms with Crippen molar-refractivity contribution in [1.82, 2.24) is 0 Å². The fourth-order valence-electron chi connectivity index (χ4n) is 3.47. The fraction of sp³-hybridized carbons (Fsp3) is 0.900. The van der Waals surface area contributed by atoms with Gasteiger partial charge in [0.25, 0.3) is 0 Å². The molecule has 0 aliphatic rings. The molecule has 0 aromatic heterocycles. The van der Waals surface area contributed by atoms with E-state index < -0.39 is 0 Å². The van der Waals surface area contributed by atoms with Gasteiger partial charge in [-0.1, -0.05) is 85.3 Å². The highest BCUT2D eigenvalue weighted by molar-refractivity contribution is 5.01. The molecular formula is C20H40. The molecule has 0 aliphatic heterocycles. The summed E-state index contributed by atoms with van der Waals surface area (Å²) in [4.78, 5) is 0. The summed E-state index contributed by atoms with van der Waals surface area (Å²) in [7, 11) is 0. The van der Waals surface area contributed by atoms with Crippen LogP contribution in [0, 0.1) is 23.7 Å². The third-order valence-electron chi connectivity index (χ3n) is 5.24. The Morgan fingerprint density at radius 1 is 0.900 bits per heavy atom. The minimum absolute atomic E-state index is 0.737. The van der Waals surface area contributed by atoms with Crippen LogP contribution >= 0.6 is 0 Å². The molecule has 0 amide bonds. The van der Waals surface area contributed by atoms with E-state index in [0.717, 1.165) is 23.7 Å². The van der Waals surface area contributed by atoms with E-state index in [4.69, 9.17) is 0 Å². The zero-order valence-electron chi connectivity index (χ0n) is 15.3. The van der Waals surface area contributed by atoms with Crippen molar-refractivity contribution in [1.29, 1.82) is 0 Å². The molecule has 0 fully saturated rings. The largest absolute Gasteiger partial charge is 0.0825 e. The third-order valence-corrected chi connectivity index (χ3v) is 5.24. The Morgan fingerprint density at radius 3 is 2.05 bits per heavy atom. The minimum Gasteiger partial charge on any atom is -0.0825 e. The third kappa shape index (κ3) is 7.50. The minimum atomic E-state index is 0.737. The monoisotopic (exact) mass is 280 g/mol. The van der Waals surface area contributed by atoms with Gasteiger partial charge >= 0.3 is 0 Å². The molecule has 0 saturated heterocycles. The summed E-state index contributed by atoms with van der Waals surface area (Å²) < 4.78 is 0. The van der Waals surface area contributed by atoms with E-state index in [0.29, 0.717) is 0 Å². The van der Waals surface area contributed by atoms with Gasteiger partial charge in [0, 0.05) is 0 Å². The van der Waals surface area contributed by atoms with Crippen molar-refractivity contribution in [3.8, 4) is 0 Å². The summed E-state index contributed by atoms with van der Waals surface area (Å²) in [6.45, 7) is 16.6. The molecule has 0 aromatic carbocycles. The highest BCUT2D eigenvalue weighted by atomic mass is 14.3. The van der Waals surface area contributed by atoms with Gasteiger partial charge in [0.1, 0.15) is 0 Å². The van der Waals surface area contributed by atoms with Crippen molar-refractivity contribution in [2.45, 2.75) is 93.4 Å². The van der Waals surface area contributed by atoms with Crippen molar-refractivity contribution in [2.75, 3.05) is 0 Å². The fourth-order valence-corrected chi connectivity index (χ4v) is 3.47. The van der Waals surface area contributed by atoms with E-state index in [9.17, 15) is 0 Å². The predicted octanol–water partition coefficient (Wildman–Crippen LogP) is 7.25. The van der Waals surface area contributed by atoms with E-state index in [1.807, 2.05) is 0 Å². The molecule has 0 bridgehead atoms. The average molecular weight is 281 g/mol. The zero-order valence-corrected chi connectivity index (χ0v) is 15.3. The number of unbranched alkanes of at least 4 members (excludes halogenated alkanes) is 2. The maximum Gasteiger partial charge on any atom is -0.0228 e. The second-order valence-corrected chi connectivity index (χ2v) is 7.01. The average Bonchev–Trinajstić information content (AvgIpc) is 2.42. The van der Waals surface area contributed by atoms with Gasteiger partial charge in [-0.25, -0.2) is 0 Å². The van der Waals surface area contributed by atoms with Crippen LogP contribution in [0.2, 0.25) is 0 Å². The van der Waals surface area contributed by atoms with Crippen molar-refractivity contribution in [3.63, 3.8) is 0 Å². The van der Waals surface area contributed by atoms with Crippen LogP contribution in [0.25, 0.3) is 0 Å². The molecular weight excluding hydrogens is 240 g/mol. The van der Waals surface area contributed by atoms with Gasteiger partial charge in [0.15, 0.2) is 0 Å². The number of rotatable bonds is 11. The van der Waals surface area contributed by atoms with Crippen molar-refractivity contribution >= 4 is 0 Å². The molecule has 0 aliphatic carbocycles. The summed E-state index contributed by atoms with van der Waals surface area (Å²) in [5.74, 6) is 3.32. The molecule has 0 aromatic rings. The second kappa shape index (κ2) is 11.4. The molecule has 0 rings (SSSR count). The van der Waals surface area contributed by atoms with Crippen LogP contribution in [-0.4, -0.2) is 0 Å². The van der Waals surface area contributed by atoms with Gasteiger partial charge in [0.2, 0.25) is 0 Å². The Bertz CT molecular complexity index is 251. The van der Waals surface area contributed by atoms with Crippen LogP contribution in [-0.2, 0) is 0 Å². The molecule has 0 spiro atoms. The second-order valence-electron chi connectivity index (χ2n) is 7.01. The van der Waals surface area contributed by atoms with Crippen molar-refractivity contribution in [3.05, 3.63) is 11.6 Å². The number of hydrogen-bond donors (Lipinski definition) is 0. The first-order valence-electron chi connectivity index (χ1n) is 9.15. The molecule has 0 radical (unpaired) electrons. The highest BCUT2D eigenvalue weighted by Gasteiger charge is 2.25. The Kier molecular flexibility index (Phi) is 11.3. The molecule has 4 unspecified atom stereocenters. The van der Waals surface area contributed by atoms with Gasteiger partial charge in [-0.2, -0.15) is 0 Å². The first-order valence-corrected chi connectivity index (χ1v) is 9.15. The van der Waals surface area contributed by atoms with Gasteiger partial charge in [0.05, 0.1) is 0 Å². The lowest BCUT2D eigenvalue weighted by molar-refractivity contribution is 0.193. The van der Waals surface area contributed by atoms with E-state index >= 15 is 0 Å². The summed E-state index contributed by atoms with van der Waals surface area (Å²) in [5.41, 5.74) is 1.56. The topological polar surface area (TPSA) is 0 Å². The van der Waals surface area contributed by atoms with Crippen LogP contribution in [0.4, 0.5) is 0 Å². The predicted molar refractivity (Wildman–Crippen MR) is 94.1 cm³/mol. The quantitative estimate of drug-likeness (QED) is 0.276. The van der Waals surface area contributed by atoms with E-state index in [1.165, 1.54) is 44.9 Å². The Labute approximate surface area is 129 Å². The maximum atomic E-state index is 2.55. The smallest absolute Gasteiger partial charge is 0.0228 e. The van der Waals surface area contributed by atoms with E-state index in [2.05, 4.69) is 54.5 Å². The summed E-state index contributed by atoms with van der Waals surface area (Å²) in [6, 6.07) is 0. The van der Waals surface area contributed by atoms with Crippen LogP contribution in [0.5, 0.6) is 0 Å². The number of hydrogen-bond acceptors (Lipinski definition) is 0. The van der Waals surface area contributed by atoms with Gasteiger partial charge in [-0.15, -0.1) is 0 Å². The Hall–Kier alpha value is -0.260. The summed E-state index contributed by atoms with van der Waals surface area (Å²) in [6.07, 6.45) is 12.0. The highest BCUT2D eigenvalue weighted by Crippen LogP contribution is 2.34. The lowest BCUT2D eigenvalue weighted by Gasteiger charge is -2.33. The lowest BCUT2D eigenvalue weighted by atomic mass is 9.73. The van der Waals surface area contributed by atoms with Gasteiger partial charge in [-0.3, -0.25) is 0 Å². The molecule has 0 nitrogen and oxygen atoms in total. The van der Waals surface area contributed by atoms with Gasteiger partial charge in [-0.05, 0) is 43.4 Å². The SMILES string of the molecule is CCCCCC(C(C)C=C(C)CC)C(C)C(C)CCC. The first-order chi connectivity index (χ1) is 9.47. The van der Waals surface area contributed by atoms with Crippen LogP contribution in [0.3, 0.4) is 0 Å². The molecule has 0 saturated carbocycles. The molecule has 0 heterocycles. The maximum absolute atomic E-state index is 2.55. The molecule has 4 atom stereocenters. The molecule has 0 heteroatoms. The molecule has 0 N–H and O–H groups in total.